The van der Waals surface area contributed by atoms with Gasteiger partial charge in [-0.25, -0.2) is 0 Å². The Morgan fingerprint density at radius 1 is 1.00 bits per heavy atom. The summed E-state index contributed by atoms with van der Waals surface area (Å²) in [5, 5.41) is 12.2. The molecule has 4 aromatic rings. The van der Waals surface area contributed by atoms with Gasteiger partial charge in [0.2, 0.25) is 0 Å². The van der Waals surface area contributed by atoms with E-state index in [-0.39, 0.29) is 6.10 Å². The van der Waals surface area contributed by atoms with E-state index >= 15 is 0 Å². The molecule has 3 nitrogen and oxygen atoms in total. The van der Waals surface area contributed by atoms with Crippen LogP contribution in [0.2, 0.25) is 0 Å². The van der Waals surface area contributed by atoms with Crippen LogP contribution in [0, 0.1) is 11.3 Å². The molecule has 0 bridgehead atoms. The molecule has 0 saturated carbocycles. The number of hydrogen-bond donors (Lipinski definition) is 1. The van der Waals surface area contributed by atoms with Gasteiger partial charge in [-0.1, -0.05) is 91.5 Å². The lowest BCUT2D eigenvalue weighted by atomic mass is 9.91. The van der Waals surface area contributed by atoms with Crippen molar-refractivity contribution in [2.45, 2.75) is 19.6 Å². The van der Waals surface area contributed by atoms with Crippen LogP contribution in [0.5, 0.6) is 0 Å². The van der Waals surface area contributed by atoms with Crippen molar-refractivity contribution in [2.24, 2.45) is 0 Å². The Morgan fingerprint density at radius 2 is 1.77 bits per heavy atom. The molecule has 2 N–H and O–H groups in total. The van der Waals surface area contributed by atoms with E-state index in [1.807, 2.05) is 79.7 Å². The van der Waals surface area contributed by atoms with Crippen LogP contribution in [0.15, 0.2) is 121 Å². The number of anilines is 1. The minimum atomic E-state index is -0.324. The van der Waals surface area contributed by atoms with Crippen molar-refractivity contribution < 1.29 is 4.74 Å². The third-order valence-electron chi connectivity index (χ3n) is 6.00. The van der Waals surface area contributed by atoms with E-state index in [1.54, 1.807) is 6.08 Å². The lowest BCUT2D eigenvalue weighted by molar-refractivity contribution is 0.0662. The summed E-state index contributed by atoms with van der Waals surface area (Å²) in [5.74, 6) is 0. The molecule has 172 valence electrons. The molecule has 4 aromatic carbocycles. The van der Waals surface area contributed by atoms with E-state index in [4.69, 9.17) is 10.5 Å². The second-order valence-electron chi connectivity index (χ2n) is 8.26. The van der Waals surface area contributed by atoms with Crippen molar-refractivity contribution >= 4 is 16.5 Å². The molecule has 1 atom stereocenters. The summed E-state index contributed by atoms with van der Waals surface area (Å²) in [4.78, 5) is 0. The van der Waals surface area contributed by atoms with Crippen molar-refractivity contribution in [3.63, 3.8) is 0 Å². The second kappa shape index (κ2) is 11.2. The van der Waals surface area contributed by atoms with Gasteiger partial charge < -0.3 is 10.5 Å². The number of ether oxygens (including phenoxy) is 1. The molecule has 0 amide bonds. The lowest BCUT2D eigenvalue weighted by Gasteiger charge is -2.21. The average molecular weight is 457 g/mol. The van der Waals surface area contributed by atoms with Gasteiger partial charge >= 0.3 is 0 Å². The summed E-state index contributed by atoms with van der Waals surface area (Å²) in [6, 6.07) is 30.4. The normalized spacial score (nSPS) is 12.5. The predicted molar refractivity (Wildman–Crippen MR) is 146 cm³/mol. The van der Waals surface area contributed by atoms with Gasteiger partial charge in [0, 0.05) is 11.3 Å². The van der Waals surface area contributed by atoms with E-state index in [9.17, 15) is 5.26 Å². The molecule has 1 unspecified atom stereocenters. The van der Waals surface area contributed by atoms with E-state index in [0.717, 1.165) is 44.3 Å². The van der Waals surface area contributed by atoms with Crippen LogP contribution >= 0.6 is 0 Å². The summed E-state index contributed by atoms with van der Waals surface area (Å²) in [7, 11) is 0. The Morgan fingerprint density at radius 3 is 2.51 bits per heavy atom. The number of rotatable bonds is 8. The molecule has 0 heterocycles. The second-order valence-corrected chi connectivity index (χ2v) is 8.26. The molecule has 0 aromatic heterocycles. The first-order chi connectivity index (χ1) is 17.1. The predicted octanol–water partition coefficient (Wildman–Crippen LogP) is 7.91. The van der Waals surface area contributed by atoms with E-state index in [1.165, 1.54) is 0 Å². The monoisotopic (exact) mass is 456 g/mol. The number of nitriles is 1. The van der Waals surface area contributed by atoms with Gasteiger partial charge in [-0.2, -0.15) is 5.26 Å². The molecular weight excluding hydrogens is 428 g/mol. The first-order valence-corrected chi connectivity index (χ1v) is 11.6. The van der Waals surface area contributed by atoms with Crippen LogP contribution in [0.1, 0.15) is 29.7 Å². The fraction of sp³-hybridized carbons (Fsp3) is 0.0938. The van der Waals surface area contributed by atoms with Crippen molar-refractivity contribution in [2.75, 3.05) is 5.73 Å². The zero-order valence-electron chi connectivity index (χ0n) is 19.8. The zero-order valence-corrected chi connectivity index (χ0v) is 19.8. The van der Waals surface area contributed by atoms with Gasteiger partial charge in [-0.05, 0) is 64.2 Å². The van der Waals surface area contributed by atoms with Crippen molar-refractivity contribution in [3.05, 3.63) is 138 Å². The van der Waals surface area contributed by atoms with Crippen LogP contribution in [-0.4, -0.2) is 0 Å². The van der Waals surface area contributed by atoms with Crippen LogP contribution in [0.3, 0.4) is 0 Å². The van der Waals surface area contributed by atoms with E-state index in [2.05, 4.69) is 43.0 Å². The zero-order chi connectivity index (χ0) is 24.6. The number of nitrogen functional groups attached to an aromatic ring is 1. The quantitative estimate of drug-likeness (QED) is 0.216. The molecule has 0 radical (unpaired) electrons. The summed E-state index contributed by atoms with van der Waals surface area (Å²) < 4.78 is 6.48. The van der Waals surface area contributed by atoms with Crippen LogP contribution < -0.4 is 5.73 Å². The highest BCUT2D eigenvalue weighted by Crippen LogP contribution is 2.36. The summed E-state index contributed by atoms with van der Waals surface area (Å²) in [5.41, 5.74) is 12.1. The third kappa shape index (κ3) is 5.41. The molecule has 35 heavy (non-hydrogen) atoms. The number of fused-ring (bicyclic) bond motifs is 1. The minimum absolute atomic E-state index is 0.324. The molecule has 0 spiro atoms. The maximum absolute atomic E-state index is 9.90. The SMILES string of the molecule is C=C/C=C\C(=C/C)C(OCc1ccc(N)cc1)c1ccc(C#N)c(-c2cccc3ccccc23)c1. The van der Waals surface area contributed by atoms with Gasteiger partial charge in [-0.15, -0.1) is 0 Å². The standard InChI is InChI=1S/C32H28N2O/c1-3-5-9-24(4-2)32(35-22-23-14-18-28(34)19-15-23)26-16-17-27(21-33)31(20-26)30-13-8-11-25-10-6-7-12-29(25)30/h3-20,32H,1,22,34H2,2H3/b9-5-,24-4+. The first kappa shape index (κ1) is 23.8. The molecule has 0 aliphatic rings. The van der Waals surface area contributed by atoms with Gasteiger partial charge in [0.25, 0.3) is 0 Å². The molecule has 0 fully saturated rings. The fourth-order valence-corrected chi connectivity index (χ4v) is 4.20. The molecule has 0 aliphatic heterocycles. The number of nitrogens with two attached hydrogens (primary N) is 1. The van der Waals surface area contributed by atoms with Crippen LogP contribution in [0.25, 0.3) is 21.9 Å². The van der Waals surface area contributed by atoms with Gasteiger partial charge in [0.05, 0.1) is 18.2 Å². The summed E-state index contributed by atoms with van der Waals surface area (Å²) in [6.07, 6.45) is 7.39. The summed E-state index contributed by atoms with van der Waals surface area (Å²) in [6.45, 7) is 6.23. The highest BCUT2D eigenvalue weighted by molar-refractivity contribution is 5.97. The van der Waals surface area contributed by atoms with Gasteiger partial charge in [-0.3, -0.25) is 0 Å². The Hall–Kier alpha value is -4.39. The van der Waals surface area contributed by atoms with Gasteiger partial charge in [0.15, 0.2) is 0 Å². The topological polar surface area (TPSA) is 59.0 Å². The van der Waals surface area contributed by atoms with E-state index in [0.29, 0.717) is 12.2 Å². The smallest absolute Gasteiger partial charge is 0.108 e. The molecule has 4 rings (SSSR count). The third-order valence-corrected chi connectivity index (χ3v) is 6.00. The maximum atomic E-state index is 9.90. The number of hydrogen-bond acceptors (Lipinski definition) is 3. The van der Waals surface area contributed by atoms with E-state index < -0.39 is 0 Å². The van der Waals surface area contributed by atoms with Crippen molar-refractivity contribution in [1.29, 1.82) is 5.26 Å². The highest BCUT2D eigenvalue weighted by Gasteiger charge is 2.19. The van der Waals surface area contributed by atoms with Crippen LogP contribution in [0.4, 0.5) is 5.69 Å². The number of nitrogens with zero attached hydrogens (tertiary/aromatic N) is 1. The molecule has 0 aliphatic carbocycles. The fourth-order valence-electron chi connectivity index (χ4n) is 4.20. The van der Waals surface area contributed by atoms with Crippen LogP contribution in [-0.2, 0) is 11.3 Å². The van der Waals surface area contributed by atoms with Crippen molar-refractivity contribution in [3.8, 4) is 17.2 Å². The Bertz CT molecular complexity index is 1430. The average Bonchev–Trinajstić information content (AvgIpc) is 2.91. The number of benzene rings is 4. The maximum Gasteiger partial charge on any atom is 0.108 e. The Labute approximate surface area is 207 Å². The molecular formula is C32H28N2O. The lowest BCUT2D eigenvalue weighted by Crippen LogP contribution is -2.08. The molecule has 0 saturated heterocycles. The van der Waals surface area contributed by atoms with Gasteiger partial charge in [0.1, 0.15) is 6.10 Å². The Balaban J connectivity index is 1.80. The first-order valence-electron chi connectivity index (χ1n) is 11.6. The summed E-state index contributed by atoms with van der Waals surface area (Å²) >= 11 is 0. The Kier molecular flexibility index (Phi) is 7.57. The largest absolute Gasteiger partial charge is 0.399 e. The highest BCUT2D eigenvalue weighted by atomic mass is 16.5. The minimum Gasteiger partial charge on any atom is -0.399 e. The van der Waals surface area contributed by atoms with Crippen molar-refractivity contribution in [1.82, 2.24) is 0 Å². The number of allylic oxidation sites excluding steroid dienone is 3. The molecule has 3 heteroatoms.